The minimum atomic E-state index is -0.0125. The zero-order chi connectivity index (χ0) is 20.0. The van der Waals surface area contributed by atoms with Gasteiger partial charge in [0.25, 0.3) is 0 Å². The van der Waals surface area contributed by atoms with Crippen LogP contribution in [0.3, 0.4) is 0 Å². The van der Waals surface area contributed by atoms with E-state index in [4.69, 9.17) is 17.3 Å². The van der Waals surface area contributed by atoms with Gasteiger partial charge in [0, 0.05) is 17.6 Å². The van der Waals surface area contributed by atoms with E-state index in [1.807, 2.05) is 28.3 Å². The number of anilines is 2. The van der Waals surface area contributed by atoms with Crippen LogP contribution in [-0.2, 0) is 4.79 Å². The Morgan fingerprint density at radius 2 is 2.03 bits per heavy atom. The Hall–Kier alpha value is -2.78. The van der Waals surface area contributed by atoms with Crippen LogP contribution in [0.1, 0.15) is 31.7 Å². The fourth-order valence-electron chi connectivity index (χ4n) is 3.97. The third kappa shape index (κ3) is 3.40. The first kappa shape index (κ1) is 18.3. The second kappa shape index (κ2) is 7.23. The first-order valence-electron chi connectivity index (χ1n) is 9.38. The Morgan fingerprint density at radius 1 is 1.21 bits per heavy atom. The molecule has 1 aliphatic rings. The zero-order valence-corrected chi connectivity index (χ0v) is 17.0. The number of fused-ring (bicyclic) bond motifs is 2. The van der Waals surface area contributed by atoms with Gasteiger partial charge in [-0.3, -0.25) is 4.79 Å². The maximum absolute atomic E-state index is 12.7. The highest BCUT2D eigenvalue weighted by molar-refractivity contribution is 7.16. The molecule has 0 spiro atoms. The number of carbonyl (C=O) groups excluding carboxylic acids is 1. The highest BCUT2D eigenvalue weighted by atomic mass is 35.5. The maximum Gasteiger partial charge on any atom is 0.227 e. The first-order valence-corrected chi connectivity index (χ1v) is 10.6. The van der Waals surface area contributed by atoms with Gasteiger partial charge in [0.2, 0.25) is 11.2 Å². The number of hydrogen-bond acceptors (Lipinski definition) is 7. The van der Waals surface area contributed by atoms with E-state index in [0.717, 1.165) is 41.6 Å². The van der Waals surface area contributed by atoms with Crippen LogP contribution < -0.4 is 11.1 Å². The number of thiazole rings is 1. The predicted molar refractivity (Wildman–Crippen MR) is 114 cm³/mol. The molecule has 0 atom stereocenters. The standard InChI is InChI=1S/C19H18ClN7OS/c20-19-25-16(21)15-17(26-19)27(8-22-15)12-4-1-10(2-5-12)18(28)24-11-3-6-13-14(7-11)29-9-23-13/h3,6-10,12H,1-2,4-5H2,(H,24,28)(H2,21,25,26). The zero-order valence-electron chi connectivity index (χ0n) is 15.4. The number of amides is 1. The van der Waals surface area contributed by atoms with Crippen LogP contribution in [0, 0.1) is 5.92 Å². The van der Waals surface area contributed by atoms with Crippen molar-refractivity contribution in [1.29, 1.82) is 0 Å². The van der Waals surface area contributed by atoms with E-state index in [2.05, 4.69) is 25.3 Å². The Labute approximate surface area is 175 Å². The molecule has 0 saturated heterocycles. The lowest BCUT2D eigenvalue weighted by Gasteiger charge is -2.28. The van der Waals surface area contributed by atoms with E-state index < -0.39 is 0 Å². The molecule has 3 aromatic heterocycles. The SMILES string of the molecule is Nc1nc(Cl)nc2c1ncn2C1CCC(C(=O)Nc2ccc3ncsc3c2)CC1. The van der Waals surface area contributed by atoms with Crippen LogP contribution in [0.5, 0.6) is 0 Å². The number of nitrogen functional groups attached to an aromatic ring is 1. The van der Waals surface area contributed by atoms with Crippen LogP contribution in [0.25, 0.3) is 21.4 Å². The highest BCUT2D eigenvalue weighted by Gasteiger charge is 2.28. The van der Waals surface area contributed by atoms with Crippen molar-refractivity contribution in [2.24, 2.45) is 5.92 Å². The van der Waals surface area contributed by atoms with Crippen molar-refractivity contribution < 1.29 is 4.79 Å². The molecular formula is C19H18ClN7OS. The fraction of sp³-hybridized carbons (Fsp3) is 0.316. The number of rotatable bonds is 3. The lowest BCUT2D eigenvalue weighted by atomic mass is 9.85. The topological polar surface area (TPSA) is 112 Å². The van der Waals surface area contributed by atoms with Crippen LogP contribution in [0.15, 0.2) is 30.0 Å². The molecule has 3 N–H and O–H groups in total. The smallest absolute Gasteiger partial charge is 0.227 e. The maximum atomic E-state index is 12.7. The predicted octanol–water partition coefficient (Wildman–Crippen LogP) is 4.04. The lowest BCUT2D eigenvalue weighted by molar-refractivity contribution is -0.120. The quantitative estimate of drug-likeness (QED) is 0.477. The van der Waals surface area contributed by atoms with Crippen molar-refractivity contribution in [1.82, 2.24) is 24.5 Å². The Balaban J connectivity index is 1.27. The number of halogens is 1. The molecule has 5 rings (SSSR count). The average molecular weight is 428 g/mol. The number of carbonyl (C=O) groups is 1. The molecule has 0 unspecified atom stereocenters. The van der Waals surface area contributed by atoms with Gasteiger partial charge >= 0.3 is 0 Å². The molecular weight excluding hydrogens is 410 g/mol. The molecule has 1 amide bonds. The van der Waals surface area contributed by atoms with Gasteiger partial charge in [-0.25, -0.2) is 9.97 Å². The molecule has 10 heteroatoms. The van der Waals surface area contributed by atoms with Gasteiger partial charge in [0.1, 0.15) is 5.52 Å². The number of nitrogens with one attached hydrogen (secondary N) is 1. The second-order valence-corrected chi connectivity index (χ2v) is 8.46. The van der Waals surface area contributed by atoms with Crippen LogP contribution in [0.2, 0.25) is 5.28 Å². The lowest BCUT2D eigenvalue weighted by Crippen LogP contribution is -2.28. The van der Waals surface area contributed by atoms with E-state index in [1.54, 1.807) is 17.7 Å². The van der Waals surface area contributed by atoms with Crippen molar-refractivity contribution >= 4 is 61.7 Å². The molecule has 1 aliphatic carbocycles. The van der Waals surface area contributed by atoms with Crippen molar-refractivity contribution in [3.63, 3.8) is 0 Å². The van der Waals surface area contributed by atoms with Gasteiger partial charge in [0.15, 0.2) is 11.5 Å². The minimum Gasteiger partial charge on any atom is -0.382 e. The van der Waals surface area contributed by atoms with Gasteiger partial charge < -0.3 is 15.6 Å². The first-order chi connectivity index (χ1) is 14.1. The van der Waals surface area contributed by atoms with Gasteiger partial charge in [-0.15, -0.1) is 11.3 Å². The number of benzene rings is 1. The number of hydrogen-bond donors (Lipinski definition) is 2. The van der Waals surface area contributed by atoms with Gasteiger partial charge in [0.05, 0.1) is 22.1 Å². The van der Waals surface area contributed by atoms with E-state index in [9.17, 15) is 4.79 Å². The third-order valence-electron chi connectivity index (χ3n) is 5.48. The second-order valence-electron chi connectivity index (χ2n) is 7.23. The summed E-state index contributed by atoms with van der Waals surface area (Å²) < 4.78 is 3.07. The summed E-state index contributed by atoms with van der Waals surface area (Å²) in [6.45, 7) is 0. The minimum absolute atomic E-state index is 0.0125. The molecule has 0 aliphatic heterocycles. The van der Waals surface area contributed by atoms with Gasteiger partial charge in [-0.05, 0) is 55.5 Å². The normalized spacial score (nSPS) is 19.6. The number of imidazole rings is 1. The summed E-state index contributed by atoms with van der Waals surface area (Å²) in [5.74, 6) is 0.337. The van der Waals surface area contributed by atoms with E-state index in [-0.39, 0.29) is 29.0 Å². The summed E-state index contributed by atoms with van der Waals surface area (Å²) in [5, 5.41) is 3.17. The summed E-state index contributed by atoms with van der Waals surface area (Å²) in [7, 11) is 0. The fourth-order valence-corrected chi connectivity index (χ4v) is 4.86. The molecule has 148 valence electrons. The summed E-state index contributed by atoms with van der Waals surface area (Å²) in [6, 6.07) is 6.02. The Bertz CT molecular complexity index is 1210. The molecule has 0 bridgehead atoms. The Kier molecular flexibility index (Phi) is 4.56. The summed E-state index contributed by atoms with van der Waals surface area (Å²) in [4.78, 5) is 29.6. The monoisotopic (exact) mass is 427 g/mol. The summed E-state index contributed by atoms with van der Waals surface area (Å²) in [6.07, 6.45) is 5.06. The van der Waals surface area contributed by atoms with Crippen LogP contribution in [-0.4, -0.2) is 30.4 Å². The molecule has 1 fully saturated rings. The number of nitrogens with two attached hydrogens (primary N) is 1. The van der Waals surface area contributed by atoms with E-state index >= 15 is 0 Å². The van der Waals surface area contributed by atoms with Gasteiger partial charge in [-0.1, -0.05) is 0 Å². The summed E-state index contributed by atoms with van der Waals surface area (Å²) in [5.41, 5.74) is 10.7. The molecule has 3 heterocycles. The summed E-state index contributed by atoms with van der Waals surface area (Å²) >= 11 is 7.53. The largest absolute Gasteiger partial charge is 0.382 e. The average Bonchev–Trinajstić information content (AvgIpc) is 3.34. The van der Waals surface area contributed by atoms with Crippen molar-refractivity contribution in [3.8, 4) is 0 Å². The van der Waals surface area contributed by atoms with E-state index in [0.29, 0.717) is 11.2 Å². The molecule has 0 radical (unpaired) electrons. The molecule has 1 aromatic carbocycles. The van der Waals surface area contributed by atoms with Crippen molar-refractivity contribution in [2.75, 3.05) is 11.1 Å². The van der Waals surface area contributed by atoms with E-state index in [1.165, 1.54) is 0 Å². The molecule has 8 nitrogen and oxygen atoms in total. The molecule has 1 saturated carbocycles. The van der Waals surface area contributed by atoms with Crippen molar-refractivity contribution in [3.05, 3.63) is 35.3 Å². The molecule has 29 heavy (non-hydrogen) atoms. The Morgan fingerprint density at radius 3 is 2.86 bits per heavy atom. The number of aromatic nitrogens is 5. The van der Waals surface area contributed by atoms with Gasteiger partial charge in [-0.2, -0.15) is 9.97 Å². The molecule has 4 aromatic rings. The van der Waals surface area contributed by atoms with Crippen molar-refractivity contribution in [2.45, 2.75) is 31.7 Å². The van der Waals surface area contributed by atoms with Crippen LogP contribution >= 0.6 is 22.9 Å². The third-order valence-corrected chi connectivity index (χ3v) is 6.44. The number of nitrogens with zero attached hydrogens (tertiary/aromatic N) is 5. The van der Waals surface area contributed by atoms with Crippen LogP contribution in [0.4, 0.5) is 11.5 Å². The highest BCUT2D eigenvalue weighted by Crippen LogP contribution is 2.35.